The molecule has 0 atom stereocenters. The number of fused-ring (bicyclic) bond motifs is 1. The Hall–Kier alpha value is -2.13. The fourth-order valence-electron chi connectivity index (χ4n) is 2.71. The zero-order valence-corrected chi connectivity index (χ0v) is 12.4. The molecule has 108 valence electrons. The Balaban J connectivity index is 2.04. The van der Waals surface area contributed by atoms with Crippen LogP contribution in [0.15, 0.2) is 48.5 Å². The van der Waals surface area contributed by atoms with E-state index in [1.54, 1.807) is 0 Å². The SMILES string of the molecule is Cc1ccccc1Cn1c(CCCN)nc2ccccc21. The van der Waals surface area contributed by atoms with Gasteiger partial charge in [-0.15, -0.1) is 0 Å². The van der Waals surface area contributed by atoms with Gasteiger partial charge in [-0.25, -0.2) is 4.98 Å². The summed E-state index contributed by atoms with van der Waals surface area (Å²) in [6.07, 6.45) is 1.90. The second-order valence-electron chi connectivity index (χ2n) is 5.42. The van der Waals surface area contributed by atoms with Gasteiger partial charge in [0.15, 0.2) is 0 Å². The maximum atomic E-state index is 5.66. The van der Waals surface area contributed by atoms with Gasteiger partial charge >= 0.3 is 0 Å². The number of hydrogen-bond donors (Lipinski definition) is 1. The highest BCUT2D eigenvalue weighted by molar-refractivity contribution is 5.76. The summed E-state index contributed by atoms with van der Waals surface area (Å²) < 4.78 is 2.33. The molecule has 0 saturated heterocycles. The number of imidazole rings is 1. The molecule has 0 fully saturated rings. The van der Waals surface area contributed by atoms with Crippen molar-refractivity contribution in [3.63, 3.8) is 0 Å². The number of nitrogens with two attached hydrogens (primary N) is 1. The van der Waals surface area contributed by atoms with Crippen LogP contribution in [-0.2, 0) is 13.0 Å². The summed E-state index contributed by atoms with van der Waals surface area (Å²) in [6, 6.07) is 16.9. The van der Waals surface area contributed by atoms with Crippen LogP contribution >= 0.6 is 0 Å². The van der Waals surface area contributed by atoms with Gasteiger partial charge in [-0.1, -0.05) is 36.4 Å². The van der Waals surface area contributed by atoms with E-state index in [2.05, 4.69) is 54.0 Å². The number of rotatable bonds is 5. The quantitative estimate of drug-likeness (QED) is 0.779. The molecule has 0 spiro atoms. The molecule has 2 aromatic carbocycles. The van der Waals surface area contributed by atoms with E-state index in [-0.39, 0.29) is 0 Å². The predicted molar refractivity (Wildman–Crippen MR) is 87.4 cm³/mol. The van der Waals surface area contributed by atoms with Crippen LogP contribution in [0.5, 0.6) is 0 Å². The summed E-state index contributed by atoms with van der Waals surface area (Å²) in [5.41, 5.74) is 10.6. The van der Waals surface area contributed by atoms with Crippen molar-refractivity contribution < 1.29 is 0 Å². The Morgan fingerprint density at radius 1 is 1.05 bits per heavy atom. The molecule has 0 bridgehead atoms. The van der Waals surface area contributed by atoms with Crippen LogP contribution in [0.2, 0.25) is 0 Å². The Morgan fingerprint density at radius 3 is 2.62 bits per heavy atom. The lowest BCUT2D eigenvalue weighted by atomic mass is 10.1. The molecule has 0 radical (unpaired) electrons. The molecule has 3 heteroatoms. The molecule has 3 rings (SSSR count). The Bertz CT molecular complexity index is 743. The molecular formula is C18H21N3. The van der Waals surface area contributed by atoms with Crippen LogP contribution in [-0.4, -0.2) is 16.1 Å². The number of para-hydroxylation sites is 2. The molecule has 21 heavy (non-hydrogen) atoms. The molecule has 1 aromatic heterocycles. The molecule has 0 aliphatic heterocycles. The standard InChI is InChI=1S/C18H21N3/c1-14-7-2-3-8-15(14)13-21-17-10-5-4-9-16(17)20-18(21)11-6-12-19/h2-5,7-10H,6,11-13,19H2,1H3. The third-order valence-electron chi connectivity index (χ3n) is 3.93. The van der Waals surface area contributed by atoms with Gasteiger partial charge in [0.25, 0.3) is 0 Å². The molecule has 3 nitrogen and oxygen atoms in total. The molecule has 0 unspecified atom stereocenters. The van der Waals surface area contributed by atoms with Crippen molar-refractivity contribution in [1.82, 2.24) is 9.55 Å². The topological polar surface area (TPSA) is 43.8 Å². The Kier molecular flexibility index (Phi) is 4.02. The number of benzene rings is 2. The second kappa shape index (κ2) is 6.10. The van der Waals surface area contributed by atoms with Crippen molar-refractivity contribution in [2.45, 2.75) is 26.3 Å². The Morgan fingerprint density at radius 2 is 1.81 bits per heavy atom. The fraction of sp³-hybridized carbons (Fsp3) is 0.278. The normalized spacial score (nSPS) is 11.1. The van der Waals surface area contributed by atoms with E-state index in [0.29, 0.717) is 6.54 Å². The summed E-state index contributed by atoms with van der Waals surface area (Å²) in [4.78, 5) is 4.78. The maximum absolute atomic E-state index is 5.66. The van der Waals surface area contributed by atoms with Crippen LogP contribution in [0.4, 0.5) is 0 Å². The minimum atomic E-state index is 0.702. The second-order valence-corrected chi connectivity index (χ2v) is 5.42. The smallest absolute Gasteiger partial charge is 0.110 e. The third kappa shape index (κ3) is 2.83. The van der Waals surface area contributed by atoms with E-state index in [9.17, 15) is 0 Å². The van der Waals surface area contributed by atoms with Gasteiger partial charge in [0.05, 0.1) is 11.0 Å². The summed E-state index contributed by atoms with van der Waals surface area (Å²) in [5, 5.41) is 0. The first kappa shape index (κ1) is 13.8. The molecule has 0 amide bonds. The first-order valence-electron chi connectivity index (χ1n) is 7.48. The fourth-order valence-corrected chi connectivity index (χ4v) is 2.71. The number of aromatic nitrogens is 2. The zero-order valence-electron chi connectivity index (χ0n) is 12.4. The summed E-state index contributed by atoms with van der Waals surface area (Å²) in [7, 11) is 0. The van der Waals surface area contributed by atoms with Crippen molar-refractivity contribution in [2.75, 3.05) is 6.54 Å². The minimum Gasteiger partial charge on any atom is -0.330 e. The molecular weight excluding hydrogens is 258 g/mol. The molecule has 0 aliphatic carbocycles. The van der Waals surface area contributed by atoms with Crippen LogP contribution in [0, 0.1) is 6.92 Å². The van der Waals surface area contributed by atoms with Gasteiger partial charge in [0, 0.05) is 13.0 Å². The number of nitrogens with zero attached hydrogens (tertiary/aromatic N) is 2. The van der Waals surface area contributed by atoms with Crippen molar-refractivity contribution in [1.29, 1.82) is 0 Å². The number of hydrogen-bond acceptors (Lipinski definition) is 2. The van der Waals surface area contributed by atoms with Gasteiger partial charge in [0.1, 0.15) is 5.82 Å². The first-order valence-corrected chi connectivity index (χ1v) is 7.48. The van der Waals surface area contributed by atoms with Crippen molar-refractivity contribution in [3.8, 4) is 0 Å². The molecule has 2 N–H and O–H groups in total. The van der Waals surface area contributed by atoms with E-state index >= 15 is 0 Å². The lowest BCUT2D eigenvalue weighted by Gasteiger charge is -2.11. The monoisotopic (exact) mass is 279 g/mol. The molecule has 0 aliphatic rings. The lowest BCUT2D eigenvalue weighted by molar-refractivity contribution is 0.702. The highest BCUT2D eigenvalue weighted by Crippen LogP contribution is 2.20. The molecule has 3 aromatic rings. The summed E-state index contributed by atoms with van der Waals surface area (Å²) in [6.45, 7) is 3.73. The molecule has 1 heterocycles. The highest BCUT2D eigenvalue weighted by atomic mass is 15.1. The maximum Gasteiger partial charge on any atom is 0.110 e. The van der Waals surface area contributed by atoms with Crippen LogP contribution < -0.4 is 5.73 Å². The van der Waals surface area contributed by atoms with E-state index in [4.69, 9.17) is 10.7 Å². The molecule has 0 saturated carbocycles. The first-order chi connectivity index (χ1) is 10.3. The van der Waals surface area contributed by atoms with Crippen LogP contribution in [0.25, 0.3) is 11.0 Å². The van der Waals surface area contributed by atoms with Crippen LogP contribution in [0.1, 0.15) is 23.4 Å². The van der Waals surface area contributed by atoms with Gasteiger partial charge in [-0.3, -0.25) is 0 Å². The van der Waals surface area contributed by atoms with Gasteiger partial charge in [-0.05, 0) is 43.1 Å². The van der Waals surface area contributed by atoms with Gasteiger partial charge in [-0.2, -0.15) is 0 Å². The summed E-state index contributed by atoms with van der Waals surface area (Å²) in [5.74, 6) is 1.13. The summed E-state index contributed by atoms with van der Waals surface area (Å²) >= 11 is 0. The van der Waals surface area contributed by atoms with E-state index < -0.39 is 0 Å². The van der Waals surface area contributed by atoms with E-state index in [1.165, 1.54) is 16.6 Å². The van der Waals surface area contributed by atoms with Crippen molar-refractivity contribution >= 4 is 11.0 Å². The predicted octanol–water partition coefficient (Wildman–Crippen LogP) is 3.28. The average molecular weight is 279 g/mol. The van der Waals surface area contributed by atoms with Crippen molar-refractivity contribution in [3.05, 3.63) is 65.5 Å². The average Bonchev–Trinajstić information content (AvgIpc) is 2.85. The largest absolute Gasteiger partial charge is 0.330 e. The van der Waals surface area contributed by atoms with Crippen LogP contribution in [0.3, 0.4) is 0 Å². The Labute approximate surface area is 125 Å². The van der Waals surface area contributed by atoms with Gasteiger partial charge < -0.3 is 10.3 Å². The van der Waals surface area contributed by atoms with E-state index in [0.717, 1.165) is 30.7 Å². The highest BCUT2D eigenvalue weighted by Gasteiger charge is 2.11. The van der Waals surface area contributed by atoms with Crippen molar-refractivity contribution in [2.24, 2.45) is 5.73 Å². The minimum absolute atomic E-state index is 0.702. The third-order valence-corrected chi connectivity index (χ3v) is 3.93. The van der Waals surface area contributed by atoms with E-state index in [1.807, 2.05) is 6.07 Å². The zero-order chi connectivity index (χ0) is 14.7. The lowest BCUT2D eigenvalue weighted by Crippen LogP contribution is -2.09. The number of aryl methyl sites for hydroxylation is 2. The van der Waals surface area contributed by atoms with Gasteiger partial charge in [0.2, 0.25) is 0 Å².